The molecule has 1 aromatic rings. The molecule has 1 atom stereocenters. The maximum absolute atomic E-state index is 12.4. The number of thioether (sulfide) groups is 1. The molecule has 1 heterocycles. The zero-order valence-electron chi connectivity index (χ0n) is 10.6. The van der Waals surface area contributed by atoms with Crippen LogP contribution in [0.2, 0.25) is 0 Å². The van der Waals surface area contributed by atoms with E-state index in [2.05, 4.69) is 6.92 Å². The maximum atomic E-state index is 12.4. The van der Waals surface area contributed by atoms with E-state index in [0.29, 0.717) is 22.2 Å². The van der Waals surface area contributed by atoms with E-state index in [1.165, 1.54) is 0 Å². The number of hydrogen-bond donors (Lipinski definition) is 2. The quantitative estimate of drug-likeness (QED) is 0.800. The monoisotopic (exact) mass is 265 g/mol. The lowest BCUT2D eigenvalue weighted by atomic mass is 10.1. The Bertz CT molecular complexity index is 430. The molecule has 1 fully saturated rings. The second-order valence-electron chi connectivity index (χ2n) is 4.54. The molecule has 4 nitrogen and oxygen atoms in total. The van der Waals surface area contributed by atoms with Crippen molar-refractivity contribution in [2.24, 2.45) is 0 Å². The minimum absolute atomic E-state index is 0.0350. The standard InChI is InChI=1S/C13H19N3OS/c1-2-12-8-16(3-4-18-12)13(17)9-5-10(14)7-11(15)6-9/h5-7,12H,2-4,8,14-15H2,1H3. The third kappa shape index (κ3) is 2.90. The second kappa shape index (κ2) is 5.52. The molecule has 0 spiro atoms. The molecule has 1 unspecified atom stereocenters. The molecule has 0 saturated carbocycles. The molecule has 98 valence electrons. The lowest BCUT2D eigenvalue weighted by molar-refractivity contribution is 0.0761. The fourth-order valence-corrected chi connectivity index (χ4v) is 3.31. The van der Waals surface area contributed by atoms with Crippen molar-refractivity contribution in [3.63, 3.8) is 0 Å². The summed E-state index contributed by atoms with van der Waals surface area (Å²) in [5.41, 5.74) is 13.1. The summed E-state index contributed by atoms with van der Waals surface area (Å²) in [6.07, 6.45) is 1.09. The van der Waals surface area contributed by atoms with Gasteiger partial charge in [-0.15, -0.1) is 0 Å². The third-order valence-electron chi connectivity index (χ3n) is 3.11. The van der Waals surface area contributed by atoms with Gasteiger partial charge in [0.25, 0.3) is 5.91 Å². The smallest absolute Gasteiger partial charge is 0.254 e. The lowest BCUT2D eigenvalue weighted by Crippen LogP contribution is -2.41. The summed E-state index contributed by atoms with van der Waals surface area (Å²) in [7, 11) is 0. The van der Waals surface area contributed by atoms with Crippen molar-refractivity contribution in [1.29, 1.82) is 0 Å². The Morgan fingerprint density at radius 1 is 1.39 bits per heavy atom. The molecule has 0 radical (unpaired) electrons. The van der Waals surface area contributed by atoms with Crippen LogP contribution in [0.3, 0.4) is 0 Å². The van der Waals surface area contributed by atoms with Crippen molar-refractivity contribution in [2.75, 3.05) is 30.3 Å². The molecular weight excluding hydrogens is 246 g/mol. The van der Waals surface area contributed by atoms with Gasteiger partial charge < -0.3 is 16.4 Å². The molecule has 1 amide bonds. The van der Waals surface area contributed by atoms with Gasteiger partial charge in [-0.3, -0.25) is 4.79 Å². The average molecular weight is 265 g/mol. The number of nitrogens with zero attached hydrogens (tertiary/aromatic N) is 1. The topological polar surface area (TPSA) is 72.3 Å². The van der Waals surface area contributed by atoms with Crippen molar-refractivity contribution in [2.45, 2.75) is 18.6 Å². The predicted octanol–water partition coefficient (Wildman–Crippen LogP) is 1.82. The van der Waals surface area contributed by atoms with Gasteiger partial charge in [0, 0.05) is 41.0 Å². The Morgan fingerprint density at radius 2 is 2.06 bits per heavy atom. The van der Waals surface area contributed by atoms with Crippen LogP contribution in [0.5, 0.6) is 0 Å². The third-order valence-corrected chi connectivity index (χ3v) is 4.48. The number of carbonyl (C=O) groups is 1. The molecule has 0 aliphatic carbocycles. The number of carbonyl (C=O) groups excluding carboxylic acids is 1. The SMILES string of the molecule is CCC1CN(C(=O)c2cc(N)cc(N)c2)CCS1. The van der Waals surface area contributed by atoms with Crippen molar-refractivity contribution < 1.29 is 4.79 Å². The van der Waals surface area contributed by atoms with Crippen molar-refractivity contribution in [3.8, 4) is 0 Å². The van der Waals surface area contributed by atoms with E-state index in [-0.39, 0.29) is 5.91 Å². The molecule has 0 aromatic heterocycles. The van der Waals surface area contributed by atoms with Crippen LogP contribution in [0.25, 0.3) is 0 Å². The number of nitrogens with two attached hydrogens (primary N) is 2. The molecular formula is C13H19N3OS. The Morgan fingerprint density at radius 3 is 2.67 bits per heavy atom. The van der Waals surface area contributed by atoms with E-state index in [9.17, 15) is 4.79 Å². The predicted molar refractivity (Wildman–Crippen MR) is 77.7 cm³/mol. The lowest BCUT2D eigenvalue weighted by Gasteiger charge is -2.32. The molecule has 0 bridgehead atoms. The van der Waals surface area contributed by atoms with Gasteiger partial charge in [0.1, 0.15) is 0 Å². The van der Waals surface area contributed by atoms with Crippen molar-refractivity contribution in [1.82, 2.24) is 4.90 Å². The number of anilines is 2. The van der Waals surface area contributed by atoms with E-state index in [0.717, 1.165) is 25.3 Å². The highest BCUT2D eigenvalue weighted by Gasteiger charge is 2.24. The highest BCUT2D eigenvalue weighted by Crippen LogP contribution is 2.23. The zero-order valence-corrected chi connectivity index (χ0v) is 11.4. The molecule has 1 aromatic carbocycles. The number of amides is 1. The number of hydrogen-bond acceptors (Lipinski definition) is 4. The van der Waals surface area contributed by atoms with E-state index in [1.807, 2.05) is 16.7 Å². The van der Waals surface area contributed by atoms with Gasteiger partial charge in [0.2, 0.25) is 0 Å². The Hall–Kier alpha value is -1.36. The van der Waals surface area contributed by atoms with Gasteiger partial charge in [-0.25, -0.2) is 0 Å². The fraction of sp³-hybridized carbons (Fsp3) is 0.462. The Labute approximate surface area is 112 Å². The van der Waals surface area contributed by atoms with Crippen LogP contribution in [-0.4, -0.2) is 34.9 Å². The summed E-state index contributed by atoms with van der Waals surface area (Å²) in [5.74, 6) is 1.04. The fourth-order valence-electron chi connectivity index (χ4n) is 2.13. The van der Waals surface area contributed by atoms with E-state index >= 15 is 0 Å². The summed E-state index contributed by atoms with van der Waals surface area (Å²) >= 11 is 1.94. The van der Waals surface area contributed by atoms with Crippen LogP contribution in [0.1, 0.15) is 23.7 Å². The molecule has 5 heteroatoms. The average Bonchev–Trinajstić information content (AvgIpc) is 2.37. The zero-order chi connectivity index (χ0) is 13.1. The molecule has 4 N–H and O–H groups in total. The summed E-state index contributed by atoms with van der Waals surface area (Å²) in [6, 6.07) is 5.06. The van der Waals surface area contributed by atoms with Crippen LogP contribution in [0.15, 0.2) is 18.2 Å². The molecule has 18 heavy (non-hydrogen) atoms. The normalized spacial score (nSPS) is 19.8. The first-order chi connectivity index (χ1) is 8.60. The van der Waals surface area contributed by atoms with E-state index < -0.39 is 0 Å². The van der Waals surface area contributed by atoms with Crippen molar-refractivity contribution in [3.05, 3.63) is 23.8 Å². The highest BCUT2D eigenvalue weighted by atomic mass is 32.2. The first-order valence-electron chi connectivity index (χ1n) is 6.17. The van der Waals surface area contributed by atoms with Crippen molar-refractivity contribution >= 4 is 29.0 Å². The van der Waals surface area contributed by atoms with Crippen LogP contribution >= 0.6 is 11.8 Å². The first kappa shape index (κ1) is 13.1. The largest absolute Gasteiger partial charge is 0.399 e. The summed E-state index contributed by atoms with van der Waals surface area (Å²) in [4.78, 5) is 14.3. The van der Waals surface area contributed by atoms with E-state index in [4.69, 9.17) is 11.5 Å². The summed E-state index contributed by atoms with van der Waals surface area (Å²) in [5, 5.41) is 0.543. The number of nitrogen functional groups attached to an aromatic ring is 2. The Balaban J connectivity index is 2.15. The molecule has 1 aliphatic heterocycles. The molecule has 2 rings (SSSR count). The van der Waals surface area contributed by atoms with Gasteiger partial charge in [-0.2, -0.15) is 11.8 Å². The van der Waals surface area contributed by atoms with Crippen LogP contribution in [-0.2, 0) is 0 Å². The summed E-state index contributed by atoms with van der Waals surface area (Å²) < 4.78 is 0. The van der Waals surface area contributed by atoms with Gasteiger partial charge in [-0.05, 0) is 24.6 Å². The van der Waals surface area contributed by atoms with Gasteiger partial charge in [-0.1, -0.05) is 6.92 Å². The minimum Gasteiger partial charge on any atom is -0.399 e. The first-order valence-corrected chi connectivity index (χ1v) is 7.22. The van der Waals surface area contributed by atoms with Gasteiger partial charge in [0.15, 0.2) is 0 Å². The Kier molecular flexibility index (Phi) is 4.01. The number of rotatable bonds is 2. The van der Waals surface area contributed by atoms with Gasteiger partial charge >= 0.3 is 0 Å². The number of benzene rings is 1. The summed E-state index contributed by atoms with van der Waals surface area (Å²) in [6.45, 7) is 3.77. The highest BCUT2D eigenvalue weighted by molar-refractivity contribution is 8.00. The molecule has 1 aliphatic rings. The van der Waals surface area contributed by atoms with Gasteiger partial charge in [0.05, 0.1) is 0 Å². The van der Waals surface area contributed by atoms with E-state index in [1.54, 1.807) is 18.2 Å². The maximum Gasteiger partial charge on any atom is 0.254 e. The minimum atomic E-state index is 0.0350. The van der Waals surface area contributed by atoms with Crippen LogP contribution in [0.4, 0.5) is 11.4 Å². The molecule has 1 saturated heterocycles. The second-order valence-corrected chi connectivity index (χ2v) is 5.95. The van der Waals surface area contributed by atoms with Crippen LogP contribution in [0, 0.1) is 0 Å². The van der Waals surface area contributed by atoms with Crippen LogP contribution < -0.4 is 11.5 Å².